The lowest BCUT2D eigenvalue weighted by Crippen LogP contribution is -2.63. The van der Waals surface area contributed by atoms with E-state index >= 15 is 0 Å². The smallest absolute Gasteiger partial charge is 0.253 e. The van der Waals surface area contributed by atoms with Crippen molar-refractivity contribution in [1.82, 2.24) is 9.80 Å². The van der Waals surface area contributed by atoms with Crippen molar-refractivity contribution in [3.63, 3.8) is 0 Å². The lowest BCUT2D eigenvalue weighted by Gasteiger charge is -2.63. The van der Waals surface area contributed by atoms with Gasteiger partial charge in [-0.25, -0.2) is 4.39 Å². The van der Waals surface area contributed by atoms with Gasteiger partial charge in [0.25, 0.3) is 5.91 Å². The molecule has 1 aliphatic carbocycles. The first-order chi connectivity index (χ1) is 15.6. The Morgan fingerprint density at radius 2 is 1.75 bits per heavy atom. The largest absolute Gasteiger partial charge is 0.494 e. The molecule has 1 atom stereocenters. The van der Waals surface area contributed by atoms with Crippen LogP contribution in [0.2, 0.25) is 0 Å². The molecule has 2 aromatic rings. The zero-order valence-electron chi connectivity index (χ0n) is 18.9. The molecule has 32 heavy (non-hydrogen) atoms. The van der Waals surface area contributed by atoms with E-state index in [-0.39, 0.29) is 11.7 Å². The summed E-state index contributed by atoms with van der Waals surface area (Å²) in [5.41, 5.74) is 2.29. The summed E-state index contributed by atoms with van der Waals surface area (Å²) in [7, 11) is 1.43. The third kappa shape index (κ3) is 3.81. The molecular weight excluding hydrogens is 403 g/mol. The zero-order valence-corrected chi connectivity index (χ0v) is 18.9. The number of carbonyl (C=O) groups is 1. The van der Waals surface area contributed by atoms with Crippen molar-refractivity contribution in [3.8, 4) is 5.75 Å². The number of methoxy groups -OCH3 is 1. The standard InChI is InChI=1S/C27H33FN2O2/c1-32-24-11-10-21(18-23(24)28)26(31)29-16-12-22(13-17-29)30-19-27(14-6-3-7-15-27)25(30)20-8-4-2-5-9-20/h2,4-5,8-11,18,22,25H,3,6-7,12-17,19H2,1H3. The summed E-state index contributed by atoms with van der Waals surface area (Å²) in [5.74, 6) is -0.407. The average molecular weight is 437 g/mol. The molecule has 4 nitrogen and oxygen atoms in total. The lowest BCUT2D eigenvalue weighted by atomic mass is 9.60. The van der Waals surface area contributed by atoms with Gasteiger partial charge in [0.05, 0.1) is 7.11 Å². The normalized spacial score (nSPS) is 23.7. The monoisotopic (exact) mass is 436 g/mol. The predicted molar refractivity (Wildman–Crippen MR) is 123 cm³/mol. The molecule has 3 fully saturated rings. The van der Waals surface area contributed by atoms with Crippen LogP contribution in [0.25, 0.3) is 0 Å². The van der Waals surface area contributed by atoms with Crippen LogP contribution in [0.1, 0.15) is 66.9 Å². The third-order valence-electron chi connectivity index (χ3n) is 7.99. The van der Waals surface area contributed by atoms with Gasteiger partial charge in [0.15, 0.2) is 11.6 Å². The lowest BCUT2D eigenvalue weighted by molar-refractivity contribution is -0.132. The molecule has 0 radical (unpaired) electrons. The van der Waals surface area contributed by atoms with Crippen LogP contribution in [0.3, 0.4) is 0 Å². The van der Waals surface area contributed by atoms with E-state index in [9.17, 15) is 9.18 Å². The fourth-order valence-corrected chi connectivity index (χ4v) is 6.37. The van der Waals surface area contributed by atoms with Gasteiger partial charge in [-0.05, 0) is 49.4 Å². The number of amides is 1. The van der Waals surface area contributed by atoms with Crippen LogP contribution in [0, 0.1) is 11.2 Å². The van der Waals surface area contributed by atoms with E-state index in [4.69, 9.17) is 4.74 Å². The fraction of sp³-hybridized carbons (Fsp3) is 0.519. The van der Waals surface area contributed by atoms with Crippen LogP contribution in [-0.2, 0) is 0 Å². The van der Waals surface area contributed by atoms with Gasteiger partial charge in [0, 0.05) is 42.7 Å². The molecule has 1 spiro atoms. The molecular formula is C27H33FN2O2. The molecule has 2 aromatic carbocycles. The van der Waals surface area contributed by atoms with Gasteiger partial charge in [0.2, 0.25) is 0 Å². The maximum atomic E-state index is 14.1. The number of nitrogens with zero attached hydrogens (tertiary/aromatic N) is 2. The SMILES string of the molecule is COc1ccc(C(=O)N2CCC(N3CC4(CCCCC4)C3c3ccccc3)CC2)cc1F. The average Bonchev–Trinajstić information content (AvgIpc) is 2.83. The fourth-order valence-electron chi connectivity index (χ4n) is 6.37. The molecule has 2 saturated heterocycles. The first-order valence-electron chi connectivity index (χ1n) is 12.0. The minimum atomic E-state index is -0.489. The van der Waals surface area contributed by atoms with E-state index in [0.29, 0.717) is 23.1 Å². The van der Waals surface area contributed by atoms with Gasteiger partial charge in [-0.2, -0.15) is 0 Å². The first kappa shape index (κ1) is 21.4. The van der Waals surface area contributed by atoms with E-state index in [2.05, 4.69) is 35.2 Å². The highest BCUT2D eigenvalue weighted by Gasteiger charge is 2.54. The minimum Gasteiger partial charge on any atom is -0.494 e. The maximum absolute atomic E-state index is 14.1. The summed E-state index contributed by atoms with van der Waals surface area (Å²) in [6, 6.07) is 16.5. The Morgan fingerprint density at radius 3 is 2.41 bits per heavy atom. The number of carbonyl (C=O) groups excluding carboxylic acids is 1. The summed E-state index contributed by atoms with van der Waals surface area (Å²) in [4.78, 5) is 17.5. The highest BCUT2D eigenvalue weighted by molar-refractivity contribution is 5.94. The third-order valence-corrected chi connectivity index (χ3v) is 7.99. The number of ether oxygens (including phenoxy) is 1. The van der Waals surface area contributed by atoms with Crippen LogP contribution in [0.4, 0.5) is 4.39 Å². The molecule has 0 N–H and O–H groups in total. The Morgan fingerprint density at radius 1 is 1.03 bits per heavy atom. The van der Waals surface area contributed by atoms with E-state index in [0.717, 1.165) is 25.9 Å². The molecule has 2 heterocycles. The van der Waals surface area contributed by atoms with Crippen molar-refractivity contribution in [2.45, 2.75) is 57.0 Å². The Hall–Kier alpha value is -2.40. The molecule has 1 unspecified atom stereocenters. The van der Waals surface area contributed by atoms with Gasteiger partial charge >= 0.3 is 0 Å². The Balaban J connectivity index is 1.26. The van der Waals surface area contributed by atoms with Crippen molar-refractivity contribution in [2.24, 2.45) is 5.41 Å². The van der Waals surface area contributed by atoms with E-state index in [1.54, 1.807) is 6.07 Å². The summed E-state index contributed by atoms with van der Waals surface area (Å²) < 4.78 is 19.0. The number of rotatable bonds is 4. The molecule has 5 rings (SSSR count). The van der Waals surface area contributed by atoms with Crippen LogP contribution in [-0.4, -0.2) is 48.5 Å². The topological polar surface area (TPSA) is 32.8 Å². The summed E-state index contributed by atoms with van der Waals surface area (Å²) in [6.07, 6.45) is 8.70. The molecule has 1 amide bonds. The molecule has 170 valence electrons. The quantitative estimate of drug-likeness (QED) is 0.639. The van der Waals surface area contributed by atoms with Crippen molar-refractivity contribution in [2.75, 3.05) is 26.7 Å². The summed E-state index contributed by atoms with van der Waals surface area (Å²) in [5, 5.41) is 0. The number of hydrogen-bond donors (Lipinski definition) is 0. The molecule has 0 aromatic heterocycles. The molecule has 1 saturated carbocycles. The van der Waals surface area contributed by atoms with Gasteiger partial charge in [-0.3, -0.25) is 9.69 Å². The Labute approximate surface area is 190 Å². The van der Waals surface area contributed by atoms with Crippen molar-refractivity contribution >= 4 is 5.91 Å². The Kier molecular flexibility index (Phi) is 5.93. The number of halogens is 1. The second kappa shape index (κ2) is 8.86. The number of piperidine rings is 1. The van der Waals surface area contributed by atoms with Gasteiger partial charge in [0.1, 0.15) is 0 Å². The number of likely N-dealkylation sites (tertiary alicyclic amines) is 2. The Bertz CT molecular complexity index is 949. The first-order valence-corrected chi connectivity index (χ1v) is 12.0. The van der Waals surface area contributed by atoms with Crippen molar-refractivity contribution in [3.05, 3.63) is 65.5 Å². The molecule has 5 heteroatoms. The summed E-state index contributed by atoms with van der Waals surface area (Å²) >= 11 is 0. The van der Waals surface area contributed by atoms with Gasteiger partial charge in [-0.1, -0.05) is 49.6 Å². The van der Waals surface area contributed by atoms with Crippen LogP contribution < -0.4 is 4.74 Å². The molecule has 0 bridgehead atoms. The van der Waals surface area contributed by atoms with E-state index < -0.39 is 5.82 Å². The zero-order chi connectivity index (χ0) is 22.1. The van der Waals surface area contributed by atoms with Gasteiger partial charge < -0.3 is 9.64 Å². The highest BCUT2D eigenvalue weighted by Crippen LogP contribution is 2.58. The van der Waals surface area contributed by atoms with Crippen molar-refractivity contribution < 1.29 is 13.9 Å². The molecule has 2 aliphatic heterocycles. The number of benzene rings is 2. The van der Waals surface area contributed by atoms with E-state index in [1.807, 2.05) is 4.90 Å². The van der Waals surface area contributed by atoms with Crippen molar-refractivity contribution in [1.29, 1.82) is 0 Å². The highest BCUT2D eigenvalue weighted by atomic mass is 19.1. The van der Waals surface area contributed by atoms with Gasteiger partial charge in [-0.15, -0.1) is 0 Å². The number of hydrogen-bond acceptors (Lipinski definition) is 3. The van der Waals surface area contributed by atoms with Crippen LogP contribution >= 0.6 is 0 Å². The second-order valence-electron chi connectivity index (χ2n) is 9.78. The predicted octanol–water partition coefficient (Wildman–Crippen LogP) is 5.45. The van der Waals surface area contributed by atoms with Crippen LogP contribution in [0.15, 0.2) is 48.5 Å². The van der Waals surface area contributed by atoms with E-state index in [1.165, 1.54) is 63.5 Å². The maximum Gasteiger partial charge on any atom is 0.253 e. The minimum absolute atomic E-state index is 0.0861. The van der Waals surface area contributed by atoms with Crippen LogP contribution in [0.5, 0.6) is 5.75 Å². The molecule has 3 aliphatic rings. The second-order valence-corrected chi connectivity index (χ2v) is 9.78. The summed E-state index contributed by atoms with van der Waals surface area (Å²) in [6.45, 7) is 2.64.